The fourth-order valence-electron chi connectivity index (χ4n) is 3.09. The molecule has 162 valence electrons. The van der Waals surface area contributed by atoms with Gasteiger partial charge in [0.2, 0.25) is 5.90 Å². The summed E-state index contributed by atoms with van der Waals surface area (Å²) < 4.78 is 19.1. The Morgan fingerprint density at radius 3 is 2.59 bits per heavy atom. The molecule has 5 nitrogen and oxygen atoms in total. The van der Waals surface area contributed by atoms with Crippen LogP contribution < -0.4 is 9.47 Å². The van der Waals surface area contributed by atoms with Crippen LogP contribution in [-0.4, -0.2) is 18.5 Å². The van der Waals surface area contributed by atoms with Gasteiger partial charge < -0.3 is 14.2 Å². The Labute approximate surface area is 208 Å². The van der Waals surface area contributed by atoms with Gasteiger partial charge in [0.05, 0.1) is 12.2 Å². The summed E-state index contributed by atoms with van der Waals surface area (Å²) in [5.41, 5.74) is 2.81. The molecule has 1 aliphatic heterocycles. The second-order valence-electron chi connectivity index (χ2n) is 6.84. The monoisotopic (exact) mass is 603 g/mol. The molecule has 0 fully saturated rings. The van der Waals surface area contributed by atoms with Crippen LogP contribution in [0.2, 0.25) is 0 Å². The Morgan fingerprint density at radius 1 is 1.03 bits per heavy atom. The van der Waals surface area contributed by atoms with E-state index in [0.29, 0.717) is 24.7 Å². The maximum atomic E-state index is 12.4. The van der Waals surface area contributed by atoms with Crippen LogP contribution in [0.15, 0.2) is 81.9 Å². The number of hydrogen-bond acceptors (Lipinski definition) is 5. The van der Waals surface area contributed by atoms with Crippen LogP contribution in [0.5, 0.6) is 11.5 Å². The van der Waals surface area contributed by atoms with Crippen molar-refractivity contribution in [3.05, 3.63) is 97.2 Å². The van der Waals surface area contributed by atoms with Crippen molar-refractivity contribution in [1.82, 2.24) is 0 Å². The lowest BCUT2D eigenvalue weighted by Crippen LogP contribution is -2.05. The zero-order valence-corrected chi connectivity index (χ0v) is 20.9. The highest BCUT2D eigenvalue weighted by Crippen LogP contribution is 2.31. The first kappa shape index (κ1) is 22.5. The first-order valence-electron chi connectivity index (χ1n) is 9.95. The molecule has 0 amide bonds. The Kier molecular flexibility index (Phi) is 7.26. The lowest BCUT2D eigenvalue weighted by Gasteiger charge is -2.13. The van der Waals surface area contributed by atoms with Gasteiger partial charge >= 0.3 is 5.97 Å². The molecule has 0 aliphatic carbocycles. The van der Waals surface area contributed by atoms with Gasteiger partial charge in [-0.2, -0.15) is 0 Å². The van der Waals surface area contributed by atoms with Crippen LogP contribution in [0.1, 0.15) is 23.6 Å². The number of esters is 1. The number of benzene rings is 3. The van der Waals surface area contributed by atoms with Gasteiger partial charge in [0.25, 0.3) is 0 Å². The summed E-state index contributed by atoms with van der Waals surface area (Å²) in [6, 6.07) is 21.1. The van der Waals surface area contributed by atoms with Crippen molar-refractivity contribution < 1.29 is 19.0 Å². The molecule has 0 radical (unpaired) electrons. The molecule has 1 aliphatic rings. The normalized spacial score (nSPS) is 14.3. The molecule has 0 N–H and O–H groups in total. The van der Waals surface area contributed by atoms with Gasteiger partial charge in [0, 0.05) is 13.6 Å². The molecular formula is C25H19BrINO4. The second kappa shape index (κ2) is 10.3. The summed E-state index contributed by atoms with van der Waals surface area (Å²) in [5, 5.41) is 0. The molecule has 7 heteroatoms. The fraction of sp³-hybridized carbons (Fsp3) is 0.120. The zero-order valence-electron chi connectivity index (χ0n) is 17.2. The van der Waals surface area contributed by atoms with Crippen molar-refractivity contribution in [3.8, 4) is 11.5 Å². The third-order valence-corrected chi connectivity index (χ3v) is 6.38. The molecule has 32 heavy (non-hydrogen) atoms. The number of rotatable bonds is 7. The van der Waals surface area contributed by atoms with E-state index in [2.05, 4.69) is 43.5 Å². The largest absolute Gasteiger partial charge is 0.490 e. The lowest BCUT2D eigenvalue weighted by molar-refractivity contribution is -0.129. The topological polar surface area (TPSA) is 57.1 Å². The van der Waals surface area contributed by atoms with E-state index < -0.39 is 5.97 Å². The number of carbonyl (C=O) groups excluding carboxylic acids is 1. The van der Waals surface area contributed by atoms with Crippen molar-refractivity contribution in [1.29, 1.82) is 0 Å². The Bertz CT molecular complexity index is 1220. The first-order valence-corrected chi connectivity index (χ1v) is 11.8. The number of cyclic esters (lactones) is 1. The van der Waals surface area contributed by atoms with Crippen LogP contribution in [0.4, 0.5) is 0 Å². The molecule has 0 unspecified atom stereocenters. The van der Waals surface area contributed by atoms with Crippen LogP contribution in [0.25, 0.3) is 6.08 Å². The first-order chi connectivity index (χ1) is 15.5. The minimum absolute atomic E-state index is 0.228. The van der Waals surface area contributed by atoms with Crippen LogP contribution in [0.3, 0.4) is 0 Å². The van der Waals surface area contributed by atoms with Crippen LogP contribution >= 0.6 is 38.5 Å². The van der Waals surface area contributed by atoms with E-state index in [1.165, 1.54) is 0 Å². The van der Waals surface area contributed by atoms with Gasteiger partial charge in [0.15, 0.2) is 17.2 Å². The number of ether oxygens (including phenoxy) is 3. The Balaban J connectivity index is 1.58. The molecule has 4 rings (SSSR count). The van der Waals surface area contributed by atoms with Gasteiger partial charge in [-0.15, -0.1) is 0 Å². The molecule has 0 saturated carbocycles. The van der Waals surface area contributed by atoms with E-state index in [0.717, 1.165) is 24.7 Å². The molecule has 1 heterocycles. The summed E-state index contributed by atoms with van der Waals surface area (Å²) in [4.78, 5) is 16.7. The molecule has 0 bridgehead atoms. The number of carbonyl (C=O) groups is 1. The predicted molar refractivity (Wildman–Crippen MR) is 136 cm³/mol. The highest BCUT2D eigenvalue weighted by molar-refractivity contribution is 14.1. The molecule has 3 aromatic carbocycles. The maximum Gasteiger partial charge on any atom is 0.363 e. The van der Waals surface area contributed by atoms with Crippen molar-refractivity contribution in [2.45, 2.75) is 13.5 Å². The van der Waals surface area contributed by atoms with E-state index in [9.17, 15) is 4.79 Å². The lowest BCUT2D eigenvalue weighted by atomic mass is 10.1. The Hall–Kier alpha value is -2.65. The third-order valence-electron chi connectivity index (χ3n) is 4.64. The van der Waals surface area contributed by atoms with Gasteiger partial charge in [-0.25, -0.2) is 9.79 Å². The third kappa shape index (κ3) is 5.21. The summed E-state index contributed by atoms with van der Waals surface area (Å²) in [6.45, 7) is 2.84. The van der Waals surface area contributed by atoms with E-state index in [4.69, 9.17) is 14.2 Å². The summed E-state index contributed by atoms with van der Waals surface area (Å²) in [5.74, 6) is 1.03. The molecule has 0 atom stereocenters. The van der Waals surface area contributed by atoms with Gasteiger partial charge in [-0.05, 0) is 87.4 Å². The van der Waals surface area contributed by atoms with Gasteiger partial charge in [0.1, 0.15) is 6.61 Å². The van der Waals surface area contributed by atoms with Crippen LogP contribution in [-0.2, 0) is 16.1 Å². The highest BCUT2D eigenvalue weighted by atomic mass is 127. The summed E-state index contributed by atoms with van der Waals surface area (Å²) >= 11 is 5.75. The number of aliphatic imine (C=N–C) groups is 1. The smallest absolute Gasteiger partial charge is 0.363 e. The molecule has 0 spiro atoms. The maximum absolute atomic E-state index is 12.4. The molecule has 0 aromatic heterocycles. The zero-order chi connectivity index (χ0) is 22.5. The number of nitrogens with zero attached hydrogens (tertiary/aromatic N) is 1. The fourth-order valence-corrected chi connectivity index (χ4v) is 4.09. The predicted octanol–water partition coefficient (Wildman–Crippen LogP) is 6.38. The van der Waals surface area contributed by atoms with Crippen LogP contribution in [0, 0.1) is 3.57 Å². The minimum Gasteiger partial charge on any atom is -0.490 e. The standard InChI is InChI=1S/C25H19BrINO4/c1-2-30-23-14-16(11-12-22(23)31-15-17-7-3-6-10-20(17)27)13-21-25(29)32-24(28-21)18-8-4-5-9-19(18)26/h3-14H,2,15H2,1H3/b21-13-. The van der Waals surface area contributed by atoms with Crippen molar-refractivity contribution in [2.24, 2.45) is 4.99 Å². The average molecular weight is 604 g/mol. The van der Waals surface area contributed by atoms with E-state index in [-0.39, 0.29) is 11.6 Å². The van der Waals surface area contributed by atoms with E-state index >= 15 is 0 Å². The quantitative estimate of drug-likeness (QED) is 0.179. The van der Waals surface area contributed by atoms with Crippen molar-refractivity contribution >= 4 is 56.5 Å². The van der Waals surface area contributed by atoms with E-state index in [1.54, 1.807) is 6.08 Å². The SMILES string of the molecule is CCOc1cc(/C=C2\N=C(c3ccccc3Br)OC2=O)ccc1OCc1ccccc1I. The minimum atomic E-state index is -0.493. The van der Waals surface area contributed by atoms with E-state index in [1.807, 2.05) is 73.7 Å². The molecule has 3 aromatic rings. The van der Waals surface area contributed by atoms with Crippen molar-refractivity contribution in [2.75, 3.05) is 6.61 Å². The molecule has 0 saturated heterocycles. The van der Waals surface area contributed by atoms with Gasteiger partial charge in [-0.1, -0.05) is 36.4 Å². The highest BCUT2D eigenvalue weighted by Gasteiger charge is 2.25. The summed E-state index contributed by atoms with van der Waals surface area (Å²) in [7, 11) is 0. The Morgan fingerprint density at radius 2 is 1.81 bits per heavy atom. The summed E-state index contributed by atoms with van der Waals surface area (Å²) in [6.07, 6.45) is 1.68. The van der Waals surface area contributed by atoms with Gasteiger partial charge in [-0.3, -0.25) is 0 Å². The number of hydrogen-bond donors (Lipinski definition) is 0. The molecular weight excluding hydrogens is 585 g/mol. The number of halogens is 2. The van der Waals surface area contributed by atoms with Crippen molar-refractivity contribution in [3.63, 3.8) is 0 Å². The average Bonchev–Trinajstić information content (AvgIpc) is 3.14. The second-order valence-corrected chi connectivity index (χ2v) is 8.85.